The van der Waals surface area contributed by atoms with Gasteiger partial charge in [0.1, 0.15) is 5.82 Å². The predicted octanol–water partition coefficient (Wildman–Crippen LogP) is 3.61. The molecular weight excluding hydrogens is 301 g/mol. The minimum absolute atomic E-state index is 0.0662. The van der Waals surface area contributed by atoms with Crippen molar-refractivity contribution in [3.05, 3.63) is 65.5 Å². The van der Waals surface area contributed by atoms with Crippen LogP contribution in [0, 0.1) is 24.1 Å². The maximum absolute atomic E-state index is 13.0. The van der Waals surface area contributed by atoms with E-state index in [1.165, 1.54) is 24.3 Å². The molecule has 114 valence electrons. The Hall–Kier alpha value is -2.19. The van der Waals surface area contributed by atoms with Crippen LogP contribution in [0.4, 0.5) is 4.39 Å². The van der Waals surface area contributed by atoms with Crippen LogP contribution in [0.15, 0.2) is 53.4 Å². The van der Waals surface area contributed by atoms with E-state index in [0.717, 1.165) is 5.56 Å². The molecule has 0 aliphatic heterocycles. The molecule has 0 saturated heterocycles. The highest BCUT2D eigenvalue weighted by Crippen LogP contribution is 2.25. The van der Waals surface area contributed by atoms with Crippen molar-refractivity contribution >= 4 is 9.84 Å². The Kier molecular flexibility index (Phi) is 4.94. The van der Waals surface area contributed by atoms with Crippen molar-refractivity contribution in [1.82, 2.24) is 0 Å². The smallest absolute Gasteiger partial charge is 0.179 e. The summed E-state index contributed by atoms with van der Waals surface area (Å²) in [5.74, 6) is -1.03. The standard InChI is InChI=1S/C17H16FNO2S/c1-13-2-8-17(9-3-13)22(20,21)12-15(10-11-19)14-4-6-16(18)7-5-14/h2-9,15H,10,12H2,1H3. The van der Waals surface area contributed by atoms with E-state index < -0.39 is 15.8 Å². The lowest BCUT2D eigenvalue weighted by Crippen LogP contribution is -2.15. The van der Waals surface area contributed by atoms with Gasteiger partial charge in [0.05, 0.1) is 16.7 Å². The number of benzene rings is 2. The SMILES string of the molecule is Cc1ccc(S(=O)(=O)CC(CC#N)c2ccc(F)cc2)cc1. The van der Waals surface area contributed by atoms with Crippen molar-refractivity contribution in [1.29, 1.82) is 5.26 Å². The summed E-state index contributed by atoms with van der Waals surface area (Å²) in [4.78, 5) is 0.239. The van der Waals surface area contributed by atoms with Gasteiger partial charge in [0.15, 0.2) is 9.84 Å². The third-order valence-electron chi connectivity index (χ3n) is 3.48. The molecule has 2 aromatic carbocycles. The van der Waals surface area contributed by atoms with E-state index >= 15 is 0 Å². The van der Waals surface area contributed by atoms with Crippen LogP contribution >= 0.6 is 0 Å². The average Bonchev–Trinajstić information content (AvgIpc) is 2.48. The Balaban J connectivity index is 2.29. The third-order valence-corrected chi connectivity index (χ3v) is 5.31. The summed E-state index contributed by atoms with van der Waals surface area (Å²) >= 11 is 0. The van der Waals surface area contributed by atoms with Crippen LogP contribution in [0.1, 0.15) is 23.5 Å². The molecule has 0 fully saturated rings. The lowest BCUT2D eigenvalue weighted by atomic mass is 9.98. The summed E-state index contributed by atoms with van der Waals surface area (Å²) in [6, 6.07) is 14.2. The Bertz CT molecular complexity index is 775. The topological polar surface area (TPSA) is 57.9 Å². The largest absolute Gasteiger partial charge is 0.224 e. The van der Waals surface area contributed by atoms with Crippen LogP contribution < -0.4 is 0 Å². The highest BCUT2D eigenvalue weighted by atomic mass is 32.2. The molecule has 0 amide bonds. The summed E-state index contributed by atoms with van der Waals surface area (Å²) in [5, 5.41) is 8.94. The minimum Gasteiger partial charge on any atom is -0.224 e. The Morgan fingerprint density at radius 3 is 2.23 bits per heavy atom. The second-order valence-electron chi connectivity index (χ2n) is 5.21. The summed E-state index contributed by atoms with van der Waals surface area (Å²) < 4.78 is 38.0. The lowest BCUT2D eigenvalue weighted by molar-refractivity contribution is 0.587. The monoisotopic (exact) mass is 317 g/mol. The number of aryl methyl sites for hydroxylation is 1. The fraction of sp³-hybridized carbons (Fsp3) is 0.235. The van der Waals surface area contributed by atoms with E-state index in [4.69, 9.17) is 5.26 Å². The molecule has 0 spiro atoms. The van der Waals surface area contributed by atoms with Crippen molar-refractivity contribution in [3.8, 4) is 6.07 Å². The van der Waals surface area contributed by atoms with Gasteiger partial charge in [0.25, 0.3) is 0 Å². The molecule has 0 heterocycles. The second kappa shape index (κ2) is 6.71. The average molecular weight is 317 g/mol. The molecular formula is C17H16FNO2S. The van der Waals surface area contributed by atoms with Crippen LogP contribution in [-0.2, 0) is 9.84 Å². The van der Waals surface area contributed by atoms with E-state index in [1.807, 2.05) is 13.0 Å². The third kappa shape index (κ3) is 3.92. The summed E-state index contributed by atoms with van der Waals surface area (Å²) in [7, 11) is -3.50. The number of hydrogen-bond acceptors (Lipinski definition) is 3. The van der Waals surface area contributed by atoms with Gasteiger partial charge >= 0.3 is 0 Å². The molecule has 1 unspecified atom stereocenters. The predicted molar refractivity (Wildman–Crippen MR) is 82.6 cm³/mol. The normalized spacial score (nSPS) is 12.6. The van der Waals surface area contributed by atoms with Gasteiger partial charge < -0.3 is 0 Å². The van der Waals surface area contributed by atoms with Gasteiger partial charge in [0.2, 0.25) is 0 Å². The fourth-order valence-corrected chi connectivity index (χ4v) is 3.81. The summed E-state index contributed by atoms with van der Waals surface area (Å²) in [6.45, 7) is 1.88. The van der Waals surface area contributed by atoms with Gasteiger partial charge in [0, 0.05) is 12.3 Å². The number of nitrogens with zero attached hydrogens (tertiary/aromatic N) is 1. The molecule has 5 heteroatoms. The quantitative estimate of drug-likeness (QED) is 0.846. The first-order valence-corrected chi connectivity index (χ1v) is 8.49. The van der Waals surface area contributed by atoms with Gasteiger partial charge in [-0.25, -0.2) is 12.8 Å². The van der Waals surface area contributed by atoms with Crippen LogP contribution in [0.25, 0.3) is 0 Å². The second-order valence-corrected chi connectivity index (χ2v) is 7.24. The number of sulfone groups is 1. The van der Waals surface area contributed by atoms with Gasteiger partial charge in [-0.05, 0) is 36.8 Å². The van der Waals surface area contributed by atoms with Crippen molar-refractivity contribution in [2.75, 3.05) is 5.75 Å². The zero-order chi connectivity index (χ0) is 16.2. The van der Waals surface area contributed by atoms with Gasteiger partial charge in [-0.1, -0.05) is 29.8 Å². The Morgan fingerprint density at radius 2 is 1.68 bits per heavy atom. The zero-order valence-electron chi connectivity index (χ0n) is 12.2. The molecule has 0 bridgehead atoms. The van der Waals surface area contributed by atoms with Crippen LogP contribution in [0.3, 0.4) is 0 Å². The van der Waals surface area contributed by atoms with Crippen LogP contribution in [-0.4, -0.2) is 14.2 Å². The Labute approximate surface area is 129 Å². The number of hydrogen-bond donors (Lipinski definition) is 0. The van der Waals surface area contributed by atoms with Crippen molar-refractivity contribution < 1.29 is 12.8 Å². The van der Waals surface area contributed by atoms with Gasteiger partial charge in [-0.3, -0.25) is 0 Å². The molecule has 22 heavy (non-hydrogen) atoms. The van der Waals surface area contributed by atoms with E-state index in [0.29, 0.717) is 5.56 Å². The van der Waals surface area contributed by atoms with Crippen molar-refractivity contribution in [2.45, 2.75) is 24.2 Å². The molecule has 1 atom stereocenters. The first-order valence-electron chi connectivity index (χ1n) is 6.84. The van der Waals surface area contributed by atoms with E-state index in [2.05, 4.69) is 0 Å². The number of halogens is 1. The van der Waals surface area contributed by atoms with E-state index in [1.54, 1.807) is 24.3 Å². The maximum atomic E-state index is 13.0. The molecule has 0 aliphatic carbocycles. The lowest BCUT2D eigenvalue weighted by Gasteiger charge is -2.15. The van der Waals surface area contributed by atoms with Gasteiger partial charge in [-0.2, -0.15) is 5.26 Å². The molecule has 2 aromatic rings. The zero-order valence-corrected chi connectivity index (χ0v) is 13.0. The Morgan fingerprint density at radius 1 is 1.09 bits per heavy atom. The highest BCUT2D eigenvalue weighted by molar-refractivity contribution is 7.91. The van der Waals surface area contributed by atoms with Crippen molar-refractivity contribution in [2.24, 2.45) is 0 Å². The molecule has 2 rings (SSSR count). The van der Waals surface area contributed by atoms with Crippen molar-refractivity contribution in [3.63, 3.8) is 0 Å². The van der Waals surface area contributed by atoms with E-state index in [-0.39, 0.29) is 22.9 Å². The van der Waals surface area contributed by atoms with E-state index in [9.17, 15) is 12.8 Å². The summed E-state index contributed by atoms with van der Waals surface area (Å²) in [6.07, 6.45) is 0.0662. The molecule has 0 radical (unpaired) electrons. The number of rotatable bonds is 5. The first kappa shape index (κ1) is 16.2. The first-order chi connectivity index (χ1) is 10.4. The van der Waals surface area contributed by atoms with Crippen LogP contribution in [0.2, 0.25) is 0 Å². The molecule has 0 aromatic heterocycles. The number of nitriles is 1. The van der Waals surface area contributed by atoms with Gasteiger partial charge in [-0.15, -0.1) is 0 Å². The molecule has 0 saturated carbocycles. The molecule has 0 aliphatic rings. The maximum Gasteiger partial charge on any atom is 0.179 e. The molecule has 0 N–H and O–H groups in total. The summed E-state index contributed by atoms with van der Waals surface area (Å²) in [5.41, 5.74) is 1.63. The van der Waals surface area contributed by atoms with Crippen LogP contribution in [0.5, 0.6) is 0 Å². The fourth-order valence-electron chi connectivity index (χ4n) is 2.22. The highest BCUT2D eigenvalue weighted by Gasteiger charge is 2.22. The molecule has 3 nitrogen and oxygen atoms in total. The minimum atomic E-state index is -3.50.